The van der Waals surface area contributed by atoms with Gasteiger partial charge < -0.3 is 9.73 Å². The average molecular weight is 249 g/mol. The SMILES string of the molecule is CCCNC(C)c1oc2c(F)ccc(C)c2c1C. The Bertz CT molecular complexity index is 559. The molecule has 0 fully saturated rings. The molecule has 2 rings (SSSR count). The molecule has 18 heavy (non-hydrogen) atoms. The van der Waals surface area contributed by atoms with Gasteiger partial charge in [-0.2, -0.15) is 0 Å². The molecule has 0 amide bonds. The highest BCUT2D eigenvalue weighted by atomic mass is 19.1. The Balaban J connectivity index is 2.50. The number of fused-ring (bicyclic) bond motifs is 1. The predicted octanol–water partition coefficient (Wildman–Crippen LogP) is 4.25. The van der Waals surface area contributed by atoms with Crippen LogP contribution in [0, 0.1) is 19.7 Å². The largest absolute Gasteiger partial charge is 0.456 e. The second-order valence-corrected chi connectivity index (χ2v) is 4.84. The Labute approximate surface area is 107 Å². The smallest absolute Gasteiger partial charge is 0.170 e. The van der Waals surface area contributed by atoms with Crippen molar-refractivity contribution in [1.82, 2.24) is 5.32 Å². The lowest BCUT2D eigenvalue weighted by atomic mass is 10.0. The number of hydrogen-bond acceptors (Lipinski definition) is 2. The Hall–Kier alpha value is -1.35. The van der Waals surface area contributed by atoms with Gasteiger partial charge in [-0.3, -0.25) is 0 Å². The highest BCUT2D eigenvalue weighted by molar-refractivity contribution is 5.86. The maximum absolute atomic E-state index is 13.8. The highest BCUT2D eigenvalue weighted by Crippen LogP contribution is 2.33. The van der Waals surface area contributed by atoms with Crippen molar-refractivity contribution in [2.75, 3.05) is 6.54 Å². The topological polar surface area (TPSA) is 25.2 Å². The van der Waals surface area contributed by atoms with Gasteiger partial charge in [0.2, 0.25) is 0 Å². The fourth-order valence-electron chi connectivity index (χ4n) is 2.40. The summed E-state index contributed by atoms with van der Waals surface area (Å²) in [5.74, 6) is 0.555. The van der Waals surface area contributed by atoms with E-state index >= 15 is 0 Å². The fraction of sp³-hybridized carbons (Fsp3) is 0.467. The third kappa shape index (κ3) is 2.15. The number of hydrogen-bond donors (Lipinski definition) is 1. The van der Waals surface area contributed by atoms with E-state index in [1.807, 2.05) is 20.8 Å². The van der Waals surface area contributed by atoms with E-state index in [1.165, 1.54) is 6.07 Å². The first-order valence-corrected chi connectivity index (χ1v) is 6.47. The van der Waals surface area contributed by atoms with Gasteiger partial charge in [-0.15, -0.1) is 0 Å². The first-order chi connectivity index (χ1) is 8.56. The summed E-state index contributed by atoms with van der Waals surface area (Å²) in [6, 6.07) is 3.37. The van der Waals surface area contributed by atoms with Gasteiger partial charge >= 0.3 is 0 Å². The fourth-order valence-corrected chi connectivity index (χ4v) is 2.40. The lowest BCUT2D eigenvalue weighted by Gasteiger charge is -2.11. The first-order valence-electron chi connectivity index (χ1n) is 6.47. The molecule has 1 aromatic carbocycles. The second kappa shape index (κ2) is 5.11. The summed E-state index contributed by atoms with van der Waals surface area (Å²) in [6.45, 7) is 9.08. The van der Waals surface area contributed by atoms with E-state index in [2.05, 4.69) is 12.2 Å². The summed E-state index contributed by atoms with van der Waals surface area (Å²) < 4.78 is 19.5. The van der Waals surface area contributed by atoms with Gasteiger partial charge in [-0.25, -0.2) is 4.39 Å². The molecule has 0 aliphatic carbocycles. The van der Waals surface area contributed by atoms with Crippen LogP contribution in [0.15, 0.2) is 16.5 Å². The molecule has 0 bridgehead atoms. The van der Waals surface area contributed by atoms with Gasteiger partial charge in [0.05, 0.1) is 6.04 Å². The normalized spacial score (nSPS) is 13.2. The summed E-state index contributed by atoms with van der Waals surface area (Å²) in [4.78, 5) is 0. The molecule has 0 aliphatic heterocycles. The van der Waals surface area contributed by atoms with E-state index in [-0.39, 0.29) is 11.9 Å². The number of aryl methyl sites for hydroxylation is 2. The lowest BCUT2D eigenvalue weighted by molar-refractivity contribution is 0.440. The molecule has 98 valence electrons. The molecule has 2 aromatic rings. The molecule has 0 radical (unpaired) electrons. The van der Waals surface area contributed by atoms with Crippen LogP contribution in [-0.4, -0.2) is 6.54 Å². The number of halogens is 1. The van der Waals surface area contributed by atoms with Crippen LogP contribution in [0.1, 0.15) is 43.2 Å². The summed E-state index contributed by atoms with van der Waals surface area (Å²) in [5, 5.41) is 4.29. The van der Waals surface area contributed by atoms with Crippen molar-refractivity contribution in [2.24, 2.45) is 0 Å². The molecule has 0 saturated heterocycles. The van der Waals surface area contributed by atoms with Crippen LogP contribution in [0.5, 0.6) is 0 Å². The summed E-state index contributed by atoms with van der Waals surface area (Å²) in [5.41, 5.74) is 2.48. The van der Waals surface area contributed by atoms with Crippen LogP contribution >= 0.6 is 0 Å². The van der Waals surface area contributed by atoms with Gasteiger partial charge in [0.1, 0.15) is 5.76 Å². The predicted molar refractivity (Wildman–Crippen MR) is 72.4 cm³/mol. The van der Waals surface area contributed by atoms with Crippen molar-refractivity contribution in [3.63, 3.8) is 0 Å². The summed E-state index contributed by atoms with van der Waals surface area (Å²) in [6.07, 6.45) is 1.07. The average Bonchev–Trinajstić information content (AvgIpc) is 2.70. The van der Waals surface area contributed by atoms with E-state index in [1.54, 1.807) is 6.07 Å². The Morgan fingerprint density at radius 3 is 2.67 bits per heavy atom. The number of rotatable bonds is 4. The van der Waals surface area contributed by atoms with E-state index in [0.29, 0.717) is 5.58 Å². The van der Waals surface area contributed by atoms with Crippen molar-refractivity contribution in [2.45, 2.75) is 40.2 Å². The van der Waals surface area contributed by atoms with Crippen LogP contribution in [0.3, 0.4) is 0 Å². The molecule has 0 aliphatic rings. The van der Waals surface area contributed by atoms with Crippen molar-refractivity contribution in [3.05, 3.63) is 34.8 Å². The van der Waals surface area contributed by atoms with Crippen LogP contribution in [0.2, 0.25) is 0 Å². The van der Waals surface area contributed by atoms with Gasteiger partial charge in [0.15, 0.2) is 11.4 Å². The van der Waals surface area contributed by atoms with Crippen molar-refractivity contribution in [3.8, 4) is 0 Å². The van der Waals surface area contributed by atoms with E-state index in [0.717, 1.165) is 35.2 Å². The quantitative estimate of drug-likeness (QED) is 0.876. The Morgan fingerprint density at radius 2 is 2.06 bits per heavy atom. The third-order valence-corrected chi connectivity index (χ3v) is 3.37. The van der Waals surface area contributed by atoms with Crippen molar-refractivity contribution >= 4 is 11.0 Å². The lowest BCUT2D eigenvalue weighted by Crippen LogP contribution is -2.19. The minimum absolute atomic E-state index is 0.108. The van der Waals surface area contributed by atoms with Gasteiger partial charge in [0, 0.05) is 10.9 Å². The number of furan rings is 1. The first kappa shape index (κ1) is 13.1. The Morgan fingerprint density at radius 1 is 1.33 bits per heavy atom. The zero-order valence-corrected chi connectivity index (χ0v) is 11.4. The van der Waals surface area contributed by atoms with Crippen LogP contribution in [0.25, 0.3) is 11.0 Å². The van der Waals surface area contributed by atoms with Crippen LogP contribution < -0.4 is 5.32 Å². The monoisotopic (exact) mass is 249 g/mol. The molecule has 2 nitrogen and oxygen atoms in total. The van der Waals surface area contributed by atoms with E-state index < -0.39 is 0 Å². The molecule has 1 atom stereocenters. The van der Waals surface area contributed by atoms with E-state index in [9.17, 15) is 4.39 Å². The molecular weight excluding hydrogens is 229 g/mol. The molecule has 1 N–H and O–H groups in total. The standard InChI is InChI=1S/C15H20FNO/c1-5-8-17-11(4)14-10(3)13-9(2)6-7-12(16)15(13)18-14/h6-7,11,17H,5,8H2,1-4H3. The zero-order valence-electron chi connectivity index (χ0n) is 11.4. The van der Waals surface area contributed by atoms with Gasteiger partial charge in [-0.1, -0.05) is 13.0 Å². The minimum Gasteiger partial charge on any atom is -0.456 e. The number of nitrogens with one attached hydrogen (secondary N) is 1. The summed E-state index contributed by atoms with van der Waals surface area (Å²) >= 11 is 0. The Kier molecular flexibility index (Phi) is 3.71. The zero-order chi connectivity index (χ0) is 13.3. The van der Waals surface area contributed by atoms with Crippen molar-refractivity contribution < 1.29 is 8.81 Å². The second-order valence-electron chi connectivity index (χ2n) is 4.84. The van der Waals surface area contributed by atoms with E-state index in [4.69, 9.17) is 4.42 Å². The van der Waals surface area contributed by atoms with Crippen molar-refractivity contribution in [1.29, 1.82) is 0 Å². The minimum atomic E-state index is -0.285. The molecule has 0 saturated carbocycles. The molecular formula is C15H20FNO. The van der Waals surface area contributed by atoms with Crippen LogP contribution in [0.4, 0.5) is 4.39 Å². The van der Waals surface area contributed by atoms with Gasteiger partial charge in [0.25, 0.3) is 0 Å². The highest BCUT2D eigenvalue weighted by Gasteiger charge is 2.19. The maximum Gasteiger partial charge on any atom is 0.170 e. The maximum atomic E-state index is 13.8. The molecule has 1 heterocycles. The molecule has 0 spiro atoms. The molecule has 3 heteroatoms. The molecule has 1 unspecified atom stereocenters. The number of benzene rings is 1. The summed E-state index contributed by atoms with van der Waals surface area (Å²) in [7, 11) is 0. The molecule has 1 aromatic heterocycles. The van der Waals surface area contributed by atoms with Crippen LogP contribution in [-0.2, 0) is 0 Å². The van der Waals surface area contributed by atoms with Gasteiger partial charge in [-0.05, 0) is 45.4 Å². The third-order valence-electron chi connectivity index (χ3n) is 3.37.